The smallest absolute Gasteiger partial charge is 0.142 e. The number of methoxy groups -OCH3 is 1. The van der Waals surface area contributed by atoms with Gasteiger partial charge in [0, 0.05) is 7.11 Å². The largest absolute Gasteiger partial charge is 0.381 e. The van der Waals surface area contributed by atoms with Gasteiger partial charge in [-0.3, -0.25) is 4.79 Å². The topological polar surface area (TPSA) is 26.3 Å². The Hall–Kier alpha value is -0.630. The van der Waals surface area contributed by atoms with Crippen molar-refractivity contribution >= 4 is 6.29 Å². The van der Waals surface area contributed by atoms with Gasteiger partial charge >= 0.3 is 0 Å². The SMILES string of the molecule is CCCCCCCCC(CC=CC=O)OC. The van der Waals surface area contributed by atoms with Crippen LogP contribution in [0.4, 0.5) is 0 Å². The molecule has 2 nitrogen and oxygen atoms in total. The molecule has 0 aliphatic rings. The second-order valence-electron chi connectivity index (χ2n) is 4.21. The molecule has 0 heterocycles. The number of hydrogen-bond acceptors (Lipinski definition) is 2. The van der Waals surface area contributed by atoms with Gasteiger partial charge < -0.3 is 4.74 Å². The summed E-state index contributed by atoms with van der Waals surface area (Å²) in [6.45, 7) is 2.24. The highest BCUT2D eigenvalue weighted by molar-refractivity contribution is 5.64. The van der Waals surface area contributed by atoms with Gasteiger partial charge in [-0.05, 0) is 18.9 Å². The molecular weight excluding hydrogens is 200 g/mol. The normalized spacial score (nSPS) is 13.1. The van der Waals surface area contributed by atoms with Gasteiger partial charge in [0.2, 0.25) is 0 Å². The molecule has 0 saturated heterocycles. The zero-order valence-electron chi connectivity index (χ0n) is 10.8. The average Bonchev–Trinajstić information content (AvgIpc) is 2.31. The van der Waals surface area contributed by atoms with E-state index >= 15 is 0 Å². The fourth-order valence-corrected chi connectivity index (χ4v) is 1.77. The van der Waals surface area contributed by atoms with E-state index in [-0.39, 0.29) is 6.10 Å². The van der Waals surface area contributed by atoms with Crippen LogP contribution in [-0.4, -0.2) is 19.5 Å². The van der Waals surface area contributed by atoms with E-state index in [2.05, 4.69) is 6.92 Å². The van der Waals surface area contributed by atoms with E-state index in [0.29, 0.717) is 0 Å². The maximum absolute atomic E-state index is 10.1. The Bertz CT molecular complexity index is 176. The van der Waals surface area contributed by atoms with Crippen LogP contribution in [0.1, 0.15) is 58.3 Å². The number of carbonyl (C=O) groups excluding carboxylic acids is 1. The van der Waals surface area contributed by atoms with E-state index in [1.54, 1.807) is 13.2 Å². The summed E-state index contributed by atoms with van der Waals surface area (Å²) >= 11 is 0. The predicted octanol–water partition coefficient (Wildman–Crippen LogP) is 3.90. The molecule has 0 radical (unpaired) electrons. The Balaban J connectivity index is 3.40. The quantitative estimate of drug-likeness (QED) is 0.303. The van der Waals surface area contributed by atoms with Crippen molar-refractivity contribution in [2.75, 3.05) is 7.11 Å². The van der Waals surface area contributed by atoms with Gasteiger partial charge in [-0.25, -0.2) is 0 Å². The van der Waals surface area contributed by atoms with E-state index < -0.39 is 0 Å². The number of carbonyl (C=O) groups is 1. The molecule has 16 heavy (non-hydrogen) atoms. The van der Waals surface area contributed by atoms with Gasteiger partial charge in [-0.2, -0.15) is 0 Å². The Labute approximate surface area is 100 Å². The molecule has 0 spiro atoms. The van der Waals surface area contributed by atoms with E-state index in [1.165, 1.54) is 38.5 Å². The Morgan fingerprint density at radius 3 is 2.44 bits per heavy atom. The van der Waals surface area contributed by atoms with Crippen molar-refractivity contribution in [3.8, 4) is 0 Å². The average molecular weight is 226 g/mol. The molecule has 0 aromatic carbocycles. The Morgan fingerprint density at radius 2 is 1.81 bits per heavy atom. The molecule has 0 bridgehead atoms. The molecule has 2 heteroatoms. The van der Waals surface area contributed by atoms with E-state index in [4.69, 9.17) is 4.74 Å². The minimum Gasteiger partial charge on any atom is -0.381 e. The molecule has 1 unspecified atom stereocenters. The third-order valence-corrected chi connectivity index (χ3v) is 2.83. The highest BCUT2D eigenvalue weighted by Gasteiger charge is 2.04. The minimum absolute atomic E-state index is 0.280. The molecule has 94 valence electrons. The highest BCUT2D eigenvalue weighted by Crippen LogP contribution is 2.12. The Morgan fingerprint density at radius 1 is 1.12 bits per heavy atom. The van der Waals surface area contributed by atoms with Crippen molar-refractivity contribution in [2.24, 2.45) is 0 Å². The first kappa shape index (κ1) is 15.4. The molecular formula is C14H26O2. The summed E-state index contributed by atoms with van der Waals surface area (Å²) in [6, 6.07) is 0. The predicted molar refractivity (Wildman–Crippen MR) is 68.6 cm³/mol. The van der Waals surface area contributed by atoms with Crippen molar-refractivity contribution in [3.05, 3.63) is 12.2 Å². The Kier molecular flexibility index (Phi) is 11.9. The maximum Gasteiger partial charge on any atom is 0.142 e. The third-order valence-electron chi connectivity index (χ3n) is 2.83. The fraction of sp³-hybridized carbons (Fsp3) is 0.786. The van der Waals surface area contributed by atoms with Crippen LogP contribution in [0.25, 0.3) is 0 Å². The monoisotopic (exact) mass is 226 g/mol. The van der Waals surface area contributed by atoms with Crippen LogP contribution in [0.3, 0.4) is 0 Å². The number of aldehydes is 1. The van der Waals surface area contributed by atoms with Crippen molar-refractivity contribution in [1.29, 1.82) is 0 Å². The second-order valence-corrected chi connectivity index (χ2v) is 4.21. The van der Waals surface area contributed by atoms with Crippen molar-refractivity contribution in [1.82, 2.24) is 0 Å². The van der Waals surface area contributed by atoms with Crippen LogP contribution < -0.4 is 0 Å². The molecule has 0 N–H and O–H groups in total. The molecule has 0 amide bonds. The van der Waals surface area contributed by atoms with Crippen molar-refractivity contribution in [3.63, 3.8) is 0 Å². The maximum atomic E-state index is 10.1. The lowest BCUT2D eigenvalue weighted by molar-refractivity contribution is -0.104. The van der Waals surface area contributed by atoms with Crippen LogP contribution in [0.15, 0.2) is 12.2 Å². The summed E-state index contributed by atoms with van der Waals surface area (Å²) in [7, 11) is 1.75. The number of unbranched alkanes of at least 4 members (excludes halogenated alkanes) is 5. The molecule has 0 saturated carbocycles. The first-order valence-corrected chi connectivity index (χ1v) is 6.48. The van der Waals surface area contributed by atoms with Gasteiger partial charge in [0.05, 0.1) is 6.10 Å². The zero-order valence-corrected chi connectivity index (χ0v) is 10.8. The first-order valence-electron chi connectivity index (χ1n) is 6.48. The van der Waals surface area contributed by atoms with Crippen LogP contribution in [-0.2, 0) is 9.53 Å². The van der Waals surface area contributed by atoms with E-state index in [1.807, 2.05) is 6.08 Å². The molecule has 0 rings (SSSR count). The molecule has 1 atom stereocenters. The third kappa shape index (κ3) is 9.91. The van der Waals surface area contributed by atoms with Gasteiger partial charge in [-0.1, -0.05) is 51.5 Å². The van der Waals surface area contributed by atoms with Crippen molar-refractivity contribution < 1.29 is 9.53 Å². The summed E-state index contributed by atoms with van der Waals surface area (Å²) in [5.74, 6) is 0. The minimum atomic E-state index is 0.280. The number of ether oxygens (including phenoxy) is 1. The summed E-state index contributed by atoms with van der Waals surface area (Å²) in [6.07, 6.45) is 14.4. The lowest BCUT2D eigenvalue weighted by Gasteiger charge is -2.12. The van der Waals surface area contributed by atoms with Crippen molar-refractivity contribution in [2.45, 2.75) is 64.4 Å². The summed E-state index contributed by atoms with van der Waals surface area (Å²) in [4.78, 5) is 10.1. The molecule has 0 aliphatic carbocycles. The number of hydrogen-bond donors (Lipinski definition) is 0. The second kappa shape index (κ2) is 12.4. The first-order chi connectivity index (χ1) is 7.85. The van der Waals surface area contributed by atoms with Crippen LogP contribution in [0.5, 0.6) is 0 Å². The van der Waals surface area contributed by atoms with Gasteiger partial charge in [0.1, 0.15) is 6.29 Å². The number of allylic oxidation sites excluding steroid dienone is 1. The van der Waals surface area contributed by atoms with Gasteiger partial charge in [0.15, 0.2) is 0 Å². The molecule has 0 fully saturated rings. The summed E-state index contributed by atoms with van der Waals surface area (Å²) < 4.78 is 5.36. The standard InChI is InChI=1S/C14H26O2/c1-3-4-5-6-7-8-11-14(16-2)12-9-10-13-15/h9-10,13-14H,3-8,11-12H2,1-2H3. The molecule has 0 aromatic rings. The summed E-state index contributed by atoms with van der Waals surface area (Å²) in [5, 5.41) is 0. The lowest BCUT2D eigenvalue weighted by Crippen LogP contribution is -2.08. The van der Waals surface area contributed by atoms with E-state index in [9.17, 15) is 4.79 Å². The van der Waals surface area contributed by atoms with Crippen LogP contribution in [0, 0.1) is 0 Å². The molecule has 0 aromatic heterocycles. The van der Waals surface area contributed by atoms with Crippen LogP contribution >= 0.6 is 0 Å². The van der Waals surface area contributed by atoms with E-state index in [0.717, 1.165) is 19.1 Å². The zero-order chi connectivity index (χ0) is 12.1. The van der Waals surface area contributed by atoms with Crippen LogP contribution in [0.2, 0.25) is 0 Å². The fourth-order valence-electron chi connectivity index (χ4n) is 1.77. The number of rotatable bonds is 11. The molecule has 0 aliphatic heterocycles. The lowest BCUT2D eigenvalue weighted by atomic mass is 10.1. The highest BCUT2D eigenvalue weighted by atomic mass is 16.5. The summed E-state index contributed by atoms with van der Waals surface area (Å²) in [5.41, 5.74) is 0. The van der Waals surface area contributed by atoms with Gasteiger partial charge in [-0.15, -0.1) is 0 Å². The van der Waals surface area contributed by atoms with Gasteiger partial charge in [0.25, 0.3) is 0 Å².